The van der Waals surface area contributed by atoms with Crippen LogP contribution >= 0.6 is 0 Å². The molecule has 0 atom stereocenters. The Balaban J connectivity index is 2.84. The Morgan fingerprint density at radius 2 is 2.64 bits per heavy atom. The molecular formula is C5H5CoN4O-. The molecule has 61 valence electrons. The minimum atomic E-state index is 0.168. The average molecular weight is 196 g/mol. The third-order valence-corrected chi connectivity index (χ3v) is 1.10. The number of hydrogen-bond donors (Lipinski definition) is 3. The summed E-state index contributed by atoms with van der Waals surface area (Å²) < 4.78 is 0.168. The average Bonchev–Trinajstić information content (AvgIpc) is 2.34. The normalized spacial score (nSPS) is 9.27. The van der Waals surface area contributed by atoms with Crippen LogP contribution in [0.25, 0.3) is 0 Å². The van der Waals surface area contributed by atoms with Crippen molar-refractivity contribution in [3.8, 4) is 0 Å². The molecule has 0 saturated carbocycles. The van der Waals surface area contributed by atoms with E-state index in [0.29, 0.717) is 5.82 Å². The van der Waals surface area contributed by atoms with Crippen molar-refractivity contribution in [1.82, 2.24) is 9.97 Å². The SMILES string of the molecule is N[C](=[Co])Nc1nc[nH]c1[C-]=O. The van der Waals surface area contributed by atoms with Gasteiger partial charge in [-0.15, -0.1) is 0 Å². The molecule has 0 radical (unpaired) electrons. The first-order chi connectivity index (χ1) is 5.24. The summed E-state index contributed by atoms with van der Waals surface area (Å²) in [4.78, 5) is 16.5. The number of nitrogens with one attached hydrogen (secondary N) is 2. The molecule has 0 spiro atoms. The van der Waals surface area contributed by atoms with E-state index < -0.39 is 0 Å². The molecule has 0 unspecified atom stereocenters. The van der Waals surface area contributed by atoms with Crippen LogP contribution in [0.3, 0.4) is 0 Å². The molecule has 1 rings (SSSR count). The van der Waals surface area contributed by atoms with Crippen molar-refractivity contribution in [1.29, 1.82) is 0 Å². The zero-order chi connectivity index (χ0) is 8.27. The predicted molar refractivity (Wildman–Crippen MR) is 36.2 cm³/mol. The predicted octanol–water partition coefficient (Wildman–Crippen LogP) is -1.13. The van der Waals surface area contributed by atoms with Gasteiger partial charge in [0.15, 0.2) is 0 Å². The number of H-pyrrole nitrogens is 1. The molecule has 11 heavy (non-hydrogen) atoms. The fourth-order valence-electron chi connectivity index (χ4n) is 0.575. The fraction of sp³-hybridized carbons (Fsp3) is 0. The third kappa shape index (κ3) is 1.97. The van der Waals surface area contributed by atoms with E-state index in [2.05, 4.69) is 30.6 Å². The second-order valence-electron chi connectivity index (χ2n) is 1.68. The topological polar surface area (TPSA) is 83.8 Å². The van der Waals surface area contributed by atoms with Crippen LogP contribution in [-0.2, 0) is 20.1 Å². The van der Waals surface area contributed by atoms with Crippen LogP contribution in [0.1, 0.15) is 5.69 Å². The first kappa shape index (κ1) is 8.12. The van der Waals surface area contributed by atoms with E-state index in [1.807, 2.05) is 0 Å². The number of aromatic nitrogens is 2. The summed E-state index contributed by atoms with van der Waals surface area (Å²) in [6, 6.07) is 0. The van der Waals surface area contributed by atoms with Gasteiger partial charge in [0.2, 0.25) is 0 Å². The van der Waals surface area contributed by atoms with Crippen molar-refractivity contribution in [2.24, 2.45) is 5.73 Å². The zero-order valence-electron chi connectivity index (χ0n) is 5.34. The Morgan fingerprint density at radius 3 is 3.18 bits per heavy atom. The number of hydrogen-bond acceptors (Lipinski definition) is 4. The van der Waals surface area contributed by atoms with E-state index in [9.17, 15) is 4.79 Å². The standard InChI is InChI=1S/C5H5N4O.Co/c6-2-7-5-4(1-10)8-3-9-5;/h3,7H,6H2,(H,8,9);/q-1;. The van der Waals surface area contributed by atoms with Gasteiger partial charge in [-0.1, -0.05) is 0 Å². The molecule has 0 aliphatic carbocycles. The number of aromatic amines is 1. The first-order valence-electron chi connectivity index (χ1n) is 2.68. The van der Waals surface area contributed by atoms with Crippen LogP contribution in [0.4, 0.5) is 5.82 Å². The molecule has 4 N–H and O–H groups in total. The van der Waals surface area contributed by atoms with Crippen molar-refractivity contribution < 1.29 is 20.1 Å². The summed E-state index contributed by atoms with van der Waals surface area (Å²) in [7, 11) is 0. The fourth-order valence-corrected chi connectivity index (χ4v) is 0.698. The van der Waals surface area contributed by atoms with Gasteiger partial charge >= 0.3 is 69.9 Å². The third-order valence-electron chi connectivity index (χ3n) is 0.974. The molecule has 0 fully saturated rings. The monoisotopic (exact) mass is 196 g/mol. The van der Waals surface area contributed by atoms with Gasteiger partial charge < -0.3 is 0 Å². The van der Waals surface area contributed by atoms with Crippen LogP contribution < -0.4 is 11.1 Å². The van der Waals surface area contributed by atoms with E-state index in [-0.39, 0.29) is 10.4 Å². The van der Waals surface area contributed by atoms with Gasteiger partial charge in [0.05, 0.1) is 0 Å². The van der Waals surface area contributed by atoms with Crippen LogP contribution in [0.5, 0.6) is 0 Å². The van der Waals surface area contributed by atoms with Gasteiger partial charge in [-0.05, 0) is 0 Å². The molecule has 5 nitrogen and oxygen atoms in total. The summed E-state index contributed by atoms with van der Waals surface area (Å²) in [6.07, 6.45) is 3.01. The van der Waals surface area contributed by atoms with Gasteiger partial charge in [0.25, 0.3) is 0 Å². The Bertz CT molecular complexity index is 282. The van der Waals surface area contributed by atoms with Gasteiger partial charge in [0.1, 0.15) is 0 Å². The molecule has 1 aromatic rings. The van der Waals surface area contributed by atoms with Gasteiger partial charge in [-0.3, -0.25) is 0 Å². The van der Waals surface area contributed by atoms with Crippen molar-refractivity contribution in [3.63, 3.8) is 0 Å². The van der Waals surface area contributed by atoms with Crippen molar-refractivity contribution in [3.05, 3.63) is 12.0 Å². The molecule has 0 bridgehead atoms. The molecule has 0 aliphatic heterocycles. The molecule has 1 heterocycles. The van der Waals surface area contributed by atoms with E-state index in [1.165, 1.54) is 6.33 Å². The number of nitrogens with zero attached hydrogens (tertiary/aromatic N) is 1. The zero-order valence-corrected chi connectivity index (χ0v) is 6.38. The quantitative estimate of drug-likeness (QED) is 0.534. The van der Waals surface area contributed by atoms with Crippen molar-refractivity contribution >= 4 is 16.8 Å². The van der Waals surface area contributed by atoms with E-state index >= 15 is 0 Å². The Kier molecular flexibility index (Phi) is 2.52. The van der Waals surface area contributed by atoms with Crippen LogP contribution in [-0.4, -0.2) is 21.0 Å². The van der Waals surface area contributed by atoms with Crippen molar-refractivity contribution in [2.45, 2.75) is 0 Å². The second kappa shape index (κ2) is 3.42. The summed E-state index contributed by atoms with van der Waals surface area (Å²) in [5.41, 5.74) is 5.41. The van der Waals surface area contributed by atoms with Crippen LogP contribution in [0.15, 0.2) is 6.33 Å². The molecular weight excluding hydrogens is 191 g/mol. The second-order valence-corrected chi connectivity index (χ2v) is 2.24. The van der Waals surface area contributed by atoms with Crippen LogP contribution in [0.2, 0.25) is 0 Å². The maximum absolute atomic E-state index is 10.2. The molecule has 0 aliphatic rings. The van der Waals surface area contributed by atoms with Gasteiger partial charge in [0, 0.05) is 0 Å². The number of nitrogens with two attached hydrogens (primary N) is 1. The van der Waals surface area contributed by atoms with Crippen LogP contribution in [0, 0.1) is 0 Å². The first-order valence-corrected chi connectivity index (χ1v) is 3.20. The van der Waals surface area contributed by atoms with E-state index in [0.717, 1.165) is 0 Å². The van der Waals surface area contributed by atoms with Gasteiger partial charge in [-0.25, -0.2) is 0 Å². The molecule has 6 heteroatoms. The van der Waals surface area contributed by atoms with Crippen molar-refractivity contribution in [2.75, 3.05) is 5.32 Å². The Morgan fingerprint density at radius 1 is 1.91 bits per heavy atom. The summed E-state index contributed by atoms with van der Waals surface area (Å²) in [5, 5.41) is 2.55. The molecule has 0 aromatic carbocycles. The summed E-state index contributed by atoms with van der Waals surface area (Å²) in [6.45, 7) is 0. The van der Waals surface area contributed by atoms with E-state index in [1.54, 1.807) is 6.29 Å². The number of anilines is 1. The summed E-state index contributed by atoms with van der Waals surface area (Å²) in [5.74, 6) is 0.325. The minimum absolute atomic E-state index is 0.168. The van der Waals surface area contributed by atoms with Gasteiger partial charge in [-0.2, -0.15) is 0 Å². The van der Waals surface area contributed by atoms with E-state index in [4.69, 9.17) is 5.73 Å². The number of rotatable bonds is 3. The Labute approximate surface area is 70.5 Å². The number of imidazole rings is 1. The molecule has 0 saturated heterocycles. The summed E-state index contributed by atoms with van der Waals surface area (Å²) >= 11 is 3.82. The molecule has 1 aromatic heterocycles. The Hall–Kier alpha value is -0.984. The maximum atomic E-state index is 10.2. The molecule has 0 amide bonds. The number of carbonyl (C=O) groups excluding carboxylic acids is 1.